The van der Waals surface area contributed by atoms with Crippen molar-refractivity contribution in [3.05, 3.63) is 101 Å². The first-order valence-electron chi connectivity index (χ1n) is 11.6. The molecule has 0 unspecified atom stereocenters. The van der Waals surface area contributed by atoms with Crippen molar-refractivity contribution in [1.82, 2.24) is 4.98 Å². The van der Waals surface area contributed by atoms with E-state index < -0.39 is 0 Å². The Labute approximate surface area is 197 Å². The lowest BCUT2D eigenvalue weighted by Gasteiger charge is -2.37. The molecule has 1 aliphatic carbocycles. The minimum Gasteiger partial charge on any atom is -0.454 e. The molecule has 2 aliphatic heterocycles. The maximum Gasteiger partial charge on any atom is 0.231 e. The number of aromatic nitrogens is 1. The highest BCUT2D eigenvalue weighted by atomic mass is 16.7. The molecule has 34 heavy (non-hydrogen) atoms. The third-order valence-corrected chi connectivity index (χ3v) is 7.18. The number of ketones is 1. The van der Waals surface area contributed by atoms with Gasteiger partial charge in [-0.25, -0.2) is 0 Å². The van der Waals surface area contributed by atoms with Gasteiger partial charge in [0.15, 0.2) is 17.3 Å². The van der Waals surface area contributed by atoms with Crippen LogP contribution >= 0.6 is 0 Å². The summed E-state index contributed by atoms with van der Waals surface area (Å²) in [6, 6.07) is 24.3. The van der Waals surface area contributed by atoms with Crippen LogP contribution in [0, 0.1) is 0 Å². The van der Waals surface area contributed by atoms with Gasteiger partial charge in [0.05, 0.1) is 11.6 Å². The summed E-state index contributed by atoms with van der Waals surface area (Å²) in [4.78, 5) is 18.4. The third kappa shape index (κ3) is 2.93. The standard InChI is InChI=1S/C29H22N2O3/c32-24-14-19(17-5-2-1-3-6-17)13-21-27-20-7-4-12-30-22(20)9-10-23(27)31-29(28(21)24)18-8-11-25-26(15-18)34-16-33-25/h1-12,15,19,29,31H,13-14,16H2/t19-,29+/m1/s1. The fourth-order valence-electron chi connectivity index (χ4n) is 5.63. The molecular formula is C29H22N2O3. The second-order valence-electron chi connectivity index (χ2n) is 9.08. The molecule has 3 heterocycles. The molecule has 3 aromatic carbocycles. The van der Waals surface area contributed by atoms with E-state index in [2.05, 4.69) is 46.7 Å². The molecule has 1 aromatic heterocycles. The lowest BCUT2D eigenvalue weighted by molar-refractivity contribution is -0.116. The number of hydrogen-bond donors (Lipinski definition) is 1. The van der Waals surface area contributed by atoms with E-state index in [9.17, 15) is 4.79 Å². The second kappa shape index (κ2) is 7.45. The van der Waals surface area contributed by atoms with Gasteiger partial charge in [0, 0.05) is 34.8 Å². The van der Waals surface area contributed by atoms with E-state index in [1.54, 1.807) is 0 Å². The Balaban J connectivity index is 1.44. The average molecular weight is 447 g/mol. The number of anilines is 1. The van der Waals surface area contributed by atoms with Gasteiger partial charge in [0.2, 0.25) is 6.79 Å². The largest absolute Gasteiger partial charge is 0.454 e. The minimum atomic E-state index is -0.240. The normalized spacial score (nSPS) is 20.6. The molecule has 0 radical (unpaired) electrons. The summed E-state index contributed by atoms with van der Waals surface area (Å²) in [5.74, 6) is 1.81. The third-order valence-electron chi connectivity index (χ3n) is 7.18. The highest BCUT2D eigenvalue weighted by Gasteiger charge is 2.39. The Morgan fingerprint density at radius 3 is 2.65 bits per heavy atom. The predicted molar refractivity (Wildman–Crippen MR) is 131 cm³/mol. The van der Waals surface area contributed by atoms with Crippen molar-refractivity contribution in [2.45, 2.75) is 24.8 Å². The molecule has 4 aromatic rings. The summed E-state index contributed by atoms with van der Waals surface area (Å²) in [5, 5.41) is 4.75. The zero-order valence-electron chi connectivity index (χ0n) is 18.5. The number of Topliss-reactive ketones (excluding diaryl/α,β-unsaturated/α-hetero) is 1. The quantitative estimate of drug-likeness (QED) is 0.407. The first kappa shape index (κ1) is 19.4. The van der Waals surface area contributed by atoms with Gasteiger partial charge in [-0.3, -0.25) is 9.78 Å². The van der Waals surface area contributed by atoms with Crippen molar-refractivity contribution in [3.8, 4) is 11.5 Å². The molecule has 166 valence electrons. The molecule has 0 saturated heterocycles. The number of carbonyl (C=O) groups is 1. The summed E-state index contributed by atoms with van der Waals surface area (Å²) in [7, 11) is 0. The van der Waals surface area contributed by atoms with Crippen LogP contribution in [0.15, 0.2) is 84.6 Å². The van der Waals surface area contributed by atoms with Gasteiger partial charge in [-0.2, -0.15) is 0 Å². The van der Waals surface area contributed by atoms with Crippen molar-refractivity contribution in [1.29, 1.82) is 0 Å². The van der Waals surface area contributed by atoms with E-state index in [4.69, 9.17) is 9.47 Å². The van der Waals surface area contributed by atoms with E-state index >= 15 is 0 Å². The Kier molecular flexibility index (Phi) is 4.24. The van der Waals surface area contributed by atoms with Crippen LogP contribution in [0.4, 0.5) is 5.69 Å². The van der Waals surface area contributed by atoms with Crippen LogP contribution in [0.1, 0.15) is 41.5 Å². The molecule has 0 bridgehead atoms. The van der Waals surface area contributed by atoms with Crippen LogP contribution < -0.4 is 14.8 Å². The Morgan fingerprint density at radius 1 is 0.853 bits per heavy atom. The number of hydrogen-bond acceptors (Lipinski definition) is 5. The predicted octanol–water partition coefficient (Wildman–Crippen LogP) is 6.03. The number of carbonyl (C=O) groups excluding carboxylic acids is 1. The molecule has 7 rings (SSSR count). The number of fused-ring (bicyclic) bond motifs is 5. The minimum absolute atomic E-state index is 0.155. The summed E-state index contributed by atoms with van der Waals surface area (Å²) < 4.78 is 11.1. The molecule has 0 saturated carbocycles. The van der Waals surface area contributed by atoms with Crippen LogP contribution in [0.25, 0.3) is 16.5 Å². The Morgan fingerprint density at radius 2 is 1.74 bits per heavy atom. The van der Waals surface area contributed by atoms with Crippen LogP contribution in [-0.2, 0) is 4.79 Å². The SMILES string of the molecule is O=C1C[C@H](c2ccccc2)CC2=C1[C@H](c1ccc3c(c1)OCO3)Nc1ccc3ncccc3c12. The first-order chi connectivity index (χ1) is 16.8. The maximum atomic E-state index is 13.8. The van der Waals surface area contributed by atoms with Gasteiger partial charge in [0.1, 0.15) is 0 Å². The smallest absolute Gasteiger partial charge is 0.231 e. The van der Waals surface area contributed by atoms with Crippen LogP contribution in [0.2, 0.25) is 0 Å². The first-order valence-corrected chi connectivity index (χ1v) is 11.6. The fourth-order valence-corrected chi connectivity index (χ4v) is 5.63. The molecule has 0 amide bonds. The Bertz CT molecular complexity index is 1490. The van der Waals surface area contributed by atoms with Gasteiger partial charge in [-0.1, -0.05) is 42.5 Å². The average Bonchev–Trinajstić information content (AvgIpc) is 3.36. The Hall–Kier alpha value is -4.12. The zero-order valence-corrected chi connectivity index (χ0v) is 18.5. The van der Waals surface area contributed by atoms with Crippen LogP contribution in [0.3, 0.4) is 0 Å². The molecular weight excluding hydrogens is 424 g/mol. The summed E-state index contributed by atoms with van der Waals surface area (Å²) >= 11 is 0. The van der Waals surface area contributed by atoms with Gasteiger partial charge in [-0.15, -0.1) is 0 Å². The van der Waals surface area contributed by atoms with E-state index in [0.29, 0.717) is 6.42 Å². The molecule has 0 spiro atoms. The van der Waals surface area contributed by atoms with E-state index in [0.717, 1.165) is 56.8 Å². The number of rotatable bonds is 2. The van der Waals surface area contributed by atoms with Crippen molar-refractivity contribution >= 4 is 27.9 Å². The van der Waals surface area contributed by atoms with E-state index in [1.165, 1.54) is 5.56 Å². The van der Waals surface area contributed by atoms with Crippen LogP contribution in [0.5, 0.6) is 11.5 Å². The lowest BCUT2D eigenvalue weighted by Crippen LogP contribution is -2.29. The van der Waals surface area contributed by atoms with Crippen molar-refractivity contribution < 1.29 is 14.3 Å². The van der Waals surface area contributed by atoms with Gasteiger partial charge < -0.3 is 14.8 Å². The molecule has 5 nitrogen and oxygen atoms in total. The highest BCUT2D eigenvalue weighted by molar-refractivity contribution is 6.12. The molecule has 5 heteroatoms. The lowest BCUT2D eigenvalue weighted by atomic mass is 9.72. The topological polar surface area (TPSA) is 60.5 Å². The summed E-state index contributed by atoms with van der Waals surface area (Å²) in [6.45, 7) is 0.227. The van der Waals surface area contributed by atoms with Crippen molar-refractivity contribution in [3.63, 3.8) is 0 Å². The monoisotopic (exact) mass is 446 g/mol. The van der Waals surface area contributed by atoms with Gasteiger partial charge >= 0.3 is 0 Å². The van der Waals surface area contributed by atoms with Crippen molar-refractivity contribution in [2.75, 3.05) is 12.1 Å². The molecule has 1 N–H and O–H groups in total. The number of pyridine rings is 1. The van der Waals surface area contributed by atoms with Gasteiger partial charge in [0.25, 0.3) is 0 Å². The number of nitrogens with zero attached hydrogens (tertiary/aromatic N) is 1. The maximum absolute atomic E-state index is 13.8. The summed E-state index contributed by atoms with van der Waals surface area (Å²) in [6.07, 6.45) is 3.13. The number of nitrogens with one attached hydrogen (secondary N) is 1. The second-order valence-corrected chi connectivity index (χ2v) is 9.08. The molecule has 0 fully saturated rings. The van der Waals surface area contributed by atoms with Crippen LogP contribution in [-0.4, -0.2) is 17.6 Å². The zero-order chi connectivity index (χ0) is 22.6. The van der Waals surface area contributed by atoms with E-state index in [-0.39, 0.29) is 24.5 Å². The van der Waals surface area contributed by atoms with E-state index in [1.807, 2.05) is 42.6 Å². The number of allylic oxidation sites excluding steroid dienone is 1. The van der Waals surface area contributed by atoms with Gasteiger partial charge in [-0.05, 0) is 59.4 Å². The number of benzene rings is 3. The molecule has 2 atom stereocenters. The highest BCUT2D eigenvalue weighted by Crippen LogP contribution is 2.51. The molecule has 3 aliphatic rings. The summed E-state index contributed by atoms with van der Waals surface area (Å²) in [5.41, 5.74) is 7.26. The van der Waals surface area contributed by atoms with Crippen molar-refractivity contribution in [2.24, 2.45) is 0 Å². The fraction of sp³-hybridized carbons (Fsp3) is 0.172. The number of ether oxygens (including phenoxy) is 2.